The zero-order chi connectivity index (χ0) is 21.7. The first kappa shape index (κ1) is 21.1. The van der Waals surface area contributed by atoms with Crippen molar-refractivity contribution in [1.29, 1.82) is 0 Å². The van der Waals surface area contributed by atoms with E-state index in [2.05, 4.69) is 5.32 Å². The molecule has 158 valence electrons. The van der Waals surface area contributed by atoms with E-state index in [1.54, 1.807) is 18.2 Å². The van der Waals surface area contributed by atoms with E-state index in [-0.39, 0.29) is 24.6 Å². The van der Waals surface area contributed by atoms with Gasteiger partial charge < -0.3 is 24.4 Å². The van der Waals surface area contributed by atoms with Gasteiger partial charge in [0.2, 0.25) is 5.91 Å². The number of carbonyl (C=O) groups is 3. The van der Waals surface area contributed by atoms with Gasteiger partial charge in [0.05, 0.1) is 25.8 Å². The number of hydrogen-bond acceptors (Lipinski definition) is 6. The Morgan fingerprint density at radius 3 is 2.67 bits per heavy atom. The molecule has 0 spiro atoms. The Balaban J connectivity index is 1.58. The Morgan fingerprint density at radius 1 is 1.17 bits per heavy atom. The van der Waals surface area contributed by atoms with Crippen LogP contribution in [0, 0.1) is 11.7 Å². The molecule has 1 aliphatic rings. The second kappa shape index (κ2) is 9.25. The predicted octanol–water partition coefficient (Wildman–Crippen LogP) is 2.38. The zero-order valence-electron chi connectivity index (χ0n) is 16.5. The lowest BCUT2D eigenvalue weighted by molar-refractivity contribution is -0.151. The molecule has 0 radical (unpaired) electrons. The number of amides is 2. The molecule has 0 saturated carbocycles. The van der Waals surface area contributed by atoms with Crippen LogP contribution in [0.15, 0.2) is 42.5 Å². The van der Waals surface area contributed by atoms with Crippen LogP contribution < -0.4 is 19.7 Å². The molecule has 30 heavy (non-hydrogen) atoms. The molecule has 0 aromatic heterocycles. The lowest BCUT2D eigenvalue weighted by Crippen LogP contribution is -2.28. The number of halogens is 1. The molecule has 1 fully saturated rings. The maximum atomic E-state index is 13.2. The van der Waals surface area contributed by atoms with Crippen LogP contribution >= 0.6 is 0 Å². The van der Waals surface area contributed by atoms with E-state index in [0.717, 1.165) is 6.07 Å². The summed E-state index contributed by atoms with van der Waals surface area (Å²) in [6, 6.07) is 10.4. The molecule has 0 bridgehead atoms. The first-order chi connectivity index (χ1) is 14.4. The number of nitrogens with zero attached hydrogens (tertiary/aromatic N) is 1. The Labute approximate surface area is 172 Å². The molecule has 1 aliphatic heterocycles. The first-order valence-corrected chi connectivity index (χ1v) is 9.15. The van der Waals surface area contributed by atoms with Crippen LogP contribution in [0.2, 0.25) is 0 Å². The molecule has 1 saturated heterocycles. The summed E-state index contributed by atoms with van der Waals surface area (Å²) in [4.78, 5) is 38.1. The van der Waals surface area contributed by atoms with Gasteiger partial charge in [-0.2, -0.15) is 0 Å². The van der Waals surface area contributed by atoms with E-state index in [4.69, 9.17) is 14.2 Å². The predicted molar refractivity (Wildman–Crippen MR) is 106 cm³/mol. The average molecular weight is 416 g/mol. The second-order valence-corrected chi connectivity index (χ2v) is 6.61. The van der Waals surface area contributed by atoms with Crippen LogP contribution in [-0.4, -0.2) is 45.2 Å². The van der Waals surface area contributed by atoms with Gasteiger partial charge >= 0.3 is 5.97 Å². The minimum absolute atomic E-state index is 0.0421. The molecule has 0 unspecified atom stereocenters. The van der Waals surface area contributed by atoms with E-state index in [0.29, 0.717) is 17.2 Å². The number of ether oxygens (including phenoxy) is 3. The molecule has 2 aromatic rings. The lowest BCUT2D eigenvalue weighted by Gasteiger charge is -2.20. The van der Waals surface area contributed by atoms with Gasteiger partial charge in [-0.25, -0.2) is 4.39 Å². The molecule has 1 atom stereocenters. The molecule has 8 nitrogen and oxygen atoms in total. The van der Waals surface area contributed by atoms with Gasteiger partial charge in [0.1, 0.15) is 17.3 Å². The van der Waals surface area contributed by atoms with Gasteiger partial charge in [-0.05, 0) is 30.3 Å². The molecule has 2 aromatic carbocycles. The van der Waals surface area contributed by atoms with E-state index >= 15 is 0 Å². The van der Waals surface area contributed by atoms with Crippen LogP contribution in [0.1, 0.15) is 6.42 Å². The third-order valence-electron chi connectivity index (χ3n) is 4.59. The number of hydrogen-bond donors (Lipinski definition) is 1. The summed E-state index contributed by atoms with van der Waals surface area (Å²) in [7, 11) is 2.99. The zero-order valence-corrected chi connectivity index (χ0v) is 16.5. The summed E-state index contributed by atoms with van der Waals surface area (Å²) in [5.74, 6) is -1.73. The first-order valence-electron chi connectivity index (χ1n) is 9.15. The van der Waals surface area contributed by atoms with Crippen LogP contribution in [0.3, 0.4) is 0 Å². The topological polar surface area (TPSA) is 94.2 Å². The van der Waals surface area contributed by atoms with E-state index in [9.17, 15) is 18.8 Å². The smallest absolute Gasteiger partial charge is 0.311 e. The molecule has 3 rings (SSSR count). The Bertz CT molecular complexity index is 964. The van der Waals surface area contributed by atoms with Gasteiger partial charge in [0, 0.05) is 24.7 Å². The molecule has 0 aliphatic carbocycles. The van der Waals surface area contributed by atoms with Gasteiger partial charge in [-0.1, -0.05) is 6.07 Å². The van der Waals surface area contributed by atoms with Crippen molar-refractivity contribution in [3.8, 4) is 11.5 Å². The Hall–Kier alpha value is -3.62. The number of benzene rings is 2. The molecular weight excluding hydrogens is 395 g/mol. The standard InChI is InChI=1S/C21H21FN2O6/c1-28-16-6-7-17(18(10-16)29-2)24-11-13(8-20(24)26)21(27)30-12-19(25)23-15-5-3-4-14(22)9-15/h3-7,9-10,13H,8,11-12H2,1-2H3,(H,23,25)/t13-/m0/s1. The van der Waals surface area contributed by atoms with Gasteiger partial charge in [-0.3, -0.25) is 14.4 Å². The lowest BCUT2D eigenvalue weighted by atomic mass is 10.1. The highest BCUT2D eigenvalue weighted by Gasteiger charge is 2.37. The van der Waals surface area contributed by atoms with Crippen molar-refractivity contribution in [2.45, 2.75) is 6.42 Å². The number of rotatable bonds is 7. The van der Waals surface area contributed by atoms with E-state index in [1.807, 2.05) is 0 Å². The van der Waals surface area contributed by atoms with E-state index < -0.39 is 30.2 Å². The Kier molecular flexibility index (Phi) is 6.51. The van der Waals surface area contributed by atoms with Crippen molar-refractivity contribution < 1.29 is 33.0 Å². The summed E-state index contributed by atoms with van der Waals surface area (Å²) in [5, 5.41) is 2.44. The fourth-order valence-electron chi connectivity index (χ4n) is 3.12. The highest BCUT2D eigenvalue weighted by molar-refractivity contribution is 6.01. The number of nitrogens with one attached hydrogen (secondary N) is 1. The van der Waals surface area contributed by atoms with Crippen molar-refractivity contribution in [1.82, 2.24) is 0 Å². The fraction of sp³-hybridized carbons (Fsp3) is 0.286. The number of anilines is 2. The van der Waals surface area contributed by atoms with Crippen LogP contribution in [0.4, 0.5) is 15.8 Å². The normalized spacial score (nSPS) is 15.6. The minimum atomic E-state index is -0.716. The summed E-state index contributed by atoms with van der Waals surface area (Å²) >= 11 is 0. The maximum absolute atomic E-state index is 13.2. The summed E-state index contributed by atoms with van der Waals surface area (Å²) < 4.78 is 28.7. The number of carbonyl (C=O) groups excluding carboxylic acids is 3. The SMILES string of the molecule is COc1ccc(N2C[C@@H](C(=O)OCC(=O)Nc3cccc(F)c3)CC2=O)c(OC)c1. The monoisotopic (exact) mass is 416 g/mol. The van der Waals surface area contributed by atoms with E-state index in [1.165, 1.54) is 37.3 Å². The maximum Gasteiger partial charge on any atom is 0.311 e. The van der Waals surface area contributed by atoms with Crippen molar-refractivity contribution in [2.75, 3.05) is 37.6 Å². The highest BCUT2D eigenvalue weighted by atomic mass is 19.1. The molecular formula is C21H21FN2O6. The summed E-state index contributed by atoms with van der Waals surface area (Å²) in [6.45, 7) is -0.433. The highest BCUT2D eigenvalue weighted by Crippen LogP contribution is 2.36. The van der Waals surface area contributed by atoms with Crippen LogP contribution in [-0.2, 0) is 19.1 Å². The minimum Gasteiger partial charge on any atom is -0.497 e. The average Bonchev–Trinajstić information content (AvgIpc) is 3.13. The van der Waals surface area contributed by atoms with Crippen molar-refractivity contribution in [3.63, 3.8) is 0 Å². The molecule has 1 heterocycles. The van der Waals surface area contributed by atoms with Gasteiger partial charge in [0.15, 0.2) is 6.61 Å². The number of methoxy groups -OCH3 is 2. The number of esters is 1. The van der Waals surface area contributed by atoms with Crippen LogP contribution in [0.25, 0.3) is 0 Å². The largest absolute Gasteiger partial charge is 0.497 e. The molecule has 9 heteroatoms. The third-order valence-corrected chi connectivity index (χ3v) is 4.59. The summed E-state index contributed by atoms with van der Waals surface area (Å²) in [5.41, 5.74) is 0.771. The third kappa shape index (κ3) is 4.86. The fourth-order valence-corrected chi connectivity index (χ4v) is 3.12. The van der Waals surface area contributed by atoms with Crippen molar-refractivity contribution in [3.05, 3.63) is 48.3 Å². The van der Waals surface area contributed by atoms with Gasteiger partial charge in [0.25, 0.3) is 5.91 Å². The quantitative estimate of drug-likeness (QED) is 0.697. The molecule has 2 amide bonds. The van der Waals surface area contributed by atoms with Gasteiger partial charge in [-0.15, -0.1) is 0 Å². The van der Waals surface area contributed by atoms with Crippen molar-refractivity contribution >= 4 is 29.2 Å². The molecule has 1 N–H and O–H groups in total. The second-order valence-electron chi connectivity index (χ2n) is 6.61. The van der Waals surface area contributed by atoms with Crippen molar-refractivity contribution in [2.24, 2.45) is 5.92 Å². The Morgan fingerprint density at radius 2 is 1.97 bits per heavy atom. The van der Waals surface area contributed by atoms with Crippen LogP contribution in [0.5, 0.6) is 11.5 Å². The summed E-state index contributed by atoms with van der Waals surface area (Å²) in [6.07, 6.45) is -0.0421.